The Labute approximate surface area is 120 Å². The van der Waals surface area contributed by atoms with Crippen LogP contribution in [0.4, 0.5) is 0 Å². The second-order valence-electron chi connectivity index (χ2n) is 4.12. The summed E-state index contributed by atoms with van der Waals surface area (Å²) in [5.41, 5.74) is 0.761. The Balaban J connectivity index is 3.32. The number of rotatable bonds is 8. The van der Waals surface area contributed by atoms with Crippen LogP contribution in [0.15, 0.2) is 16.5 Å². The predicted molar refractivity (Wildman–Crippen MR) is 83.9 cm³/mol. The van der Waals surface area contributed by atoms with Crippen molar-refractivity contribution in [3.05, 3.63) is 17.9 Å². The topological polar surface area (TPSA) is 36.7 Å². The average molecular weight is 302 g/mol. The van der Waals surface area contributed by atoms with Crippen molar-refractivity contribution in [2.24, 2.45) is 0 Å². The fraction of sp³-hybridized carbons (Fsp3) is 0.615. The van der Waals surface area contributed by atoms with Crippen LogP contribution in [0.2, 0.25) is 0 Å². The molecule has 4 nitrogen and oxygen atoms in total. The van der Waals surface area contributed by atoms with Gasteiger partial charge in [-0.3, -0.25) is 14.1 Å². The van der Waals surface area contributed by atoms with Gasteiger partial charge in [0.25, 0.3) is 0 Å². The standard InChI is InChI=1S/C13H23N2O2PS/c1-5-14(6-2)18(19,15(7-3)8-4)13-10-9-12(11-16)17-13/h9-11H,5-8H2,1-4H3. The monoisotopic (exact) mass is 302 g/mol. The summed E-state index contributed by atoms with van der Waals surface area (Å²) in [6, 6.07) is 3.57. The third kappa shape index (κ3) is 3.16. The highest BCUT2D eigenvalue weighted by Crippen LogP contribution is 2.52. The zero-order chi connectivity index (χ0) is 14.5. The van der Waals surface area contributed by atoms with Crippen molar-refractivity contribution in [1.82, 2.24) is 9.34 Å². The van der Waals surface area contributed by atoms with Crippen molar-refractivity contribution >= 4 is 29.9 Å². The Morgan fingerprint density at radius 3 is 1.89 bits per heavy atom. The first-order valence-electron chi connectivity index (χ1n) is 6.74. The Hall–Kier alpha value is -0.480. The minimum Gasteiger partial charge on any atom is -0.450 e. The number of hydrogen-bond acceptors (Lipinski definition) is 3. The molecule has 0 amide bonds. The second-order valence-corrected chi connectivity index (χ2v) is 8.30. The van der Waals surface area contributed by atoms with Gasteiger partial charge in [0.15, 0.2) is 17.5 Å². The molecule has 0 aliphatic carbocycles. The summed E-state index contributed by atoms with van der Waals surface area (Å²) in [5.74, 6) is 0.350. The summed E-state index contributed by atoms with van der Waals surface area (Å²) in [5, 5.41) is 0. The lowest BCUT2D eigenvalue weighted by atomic mass is 10.5. The smallest absolute Gasteiger partial charge is 0.185 e. The first-order chi connectivity index (χ1) is 9.08. The molecule has 0 aliphatic heterocycles. The van der Waals surface area contributed by atoms with Crippen LogP contribution >= 0.6 is 6.34 Å². The first kappa shape index (κ1) is 16.6. The molecule has 0 radical (unpaired) electrons. The molecular weight excluding hydrogens is 279 g/mol. The van der Waals surface area contributed by atoms with Gasteiger partial charge >= 0.3 is 0 Å². The molecule has 6 heteroatoms. The highest BCUT2D eigenvalue weighted by Gasteiger charge is 2.34. The van der Waals surface area contributed by atoms with E-state index < -0.39 is 6.34 Å². The zero-order valence-corrected chi connectivity index (χ0v) is 13.8. The third-order valence-corrected chi connectivity index (χ3v) is 8.65. The highest BCUT2D eigenvalue weighted by molar-refractivity contribution is 8.15. The van der Waals surface area contributed by atoms with Crippen molar-refractivity contribution in [1.29, 1.82) is 0 Å². The van der Waals surface area contributed by atoms with E-state index in [0.717, 1.165) is 38.0 Å². The second kappa shape index (κ2) is 7.34. The molecule has 19 heavy (non-hydrogen) atoms. The summed E-state index contributed by atoms with van der Waals surface area (Å²) in [7, 11) is 0. The molecule has 0 spiro atoms. The van der Waals surface area contributed by atoms with Crippen LogP contribution in [-0.2, 0) is 11.8 Å². The van der Waals surface area contributed by atoms with Gasteiger partial charge in [0.05, 0.1) is 0 Å². The van der Waals surface area contributed by atoms with Gasteiger partial charge in [0.2, 0.25) is 0 Å². The molecule has 0 atom stereocenters. The average Bonchev–Trinajstić information content (AvgIpc) is 2.90. The van der Waals surface area contributed by atoms with E-state index in [1.807, 2.05) is 6.07 Å². The fourth-order valence-corrected chi connectivity index (χ4v) is 6.86. The minimum absolute atomic E-state index is 0.350. The molecule has 0 unspecified atom stereocenters. The molecule has 108 valence electrons. The van der Waals surface area contributed by atoms with E-state index in [1.165, 1.54) is 0 Å². The lowest BCUT2D eigenvalue weighted by Gasteiger charge is -2.39. The normalized spacial score (nSPS) is 12.3. The molecule has 0 fully saturated rings. The maximum atomic E-state index is 10.8. The summed E-state index contributed by atoms with van der Waals surface area (Å²) >= 11 is 6.02. The lowest BCUT2D eigenvalue weighted by molar-refractivity contribution is 0.110. The number of aldehydes is 1. The molecular formula is C13H23N2O2PS. The van der Waals surface area contributed by atoms with E-state index in [4.69, 9.17) is 16.2 Å². The fourth-order valence-electron chi connectivity index (χ4n) is 2.23. The molecule has 0 bridgehead atoms. The number of carbonyl (C=O) groups excluding carboxylic acids is 1. The molecule has 1 aromatic rings. The number of nitrogens with zero attached hydrogens (tertiary/aromatic N) is 2. The van der Waals surface area contributed by atoms with E-state index in [-0.39, 0.29) is 0 Å². The first-order valence-corrected chi connectivity index (χ1v) is 9.45. The van der Waals surface area contributed by atoms with Crippen LogP contribution in [0.3, 0.4) is 0 Å². The van der Waals surface area contributed by atoms with E-state index in [2.05, 4.69) is 37.0 Å². The maximum Gasteiger partial charge on any atom is 0.185 e. The molecule has 1 heterocycles. The Bertz CT molecular complexity index is 437. The van der Waals surface area contributed by atoms with Crippen molar-refractivity contribution in [2.75, 3.05) is 26.2 Å². The van der Waals surface area contributed by atoms with Gasteiger partial charge in [-0.05, 0) is 12.1 Å². The van der Waals surface area contributed by atoms with Gasteiger partial charge in [0.1, 0.15) is 6.34 Å². The van der Waals surface area contributed by atoms with E-state index in [0.29, 0.717) is 5.76 Å². The Morgan fingerprint density at radius 1 is 1.11 bits per heavy atom. The van der Waals surface area contributed by atoms with Crippen molar-refractivity contribution in [2.45, 2.75) is 27.7 Å². The molecule has 0 N–H and O–H groups in total. The van der Waals surface area contributed by atoms with Crippen LogP contribution in [0, 0.1) is 0 Å². The highest BCUT2D eigenvalue weighted by atomic mass is 32.4. The van der Waals surface area contributed by atoms with Crippen LogP contribution < -0.4 is 5.50 Å². The van der Waals surface area contributed by atoms with Gasteiger partial charge in [-0.1, -0.05) is 39.5 Å². The summed E-state index contributed by atoms with van der Waals surface area (Å²) < 4.78 is 10.2. The van der Waals surface area contributed by atoms with Crippen LogP contribution in [0.1, 0.15) is 38.2 Å². The number of furan rings is 1. The lowest BCUT2D eigenvalue weighted by Crippen LogP contribution is -2.36. The molecule has 0 saturated carbocycles. The van der Waals surface area contributed by atoms with Crippen LogP contribution in [0.25, 0.3) is 0 Å². The van der Waals surface area contributed by atoms with Crippen LogP contribution in [-0.4, -0.2) is 41.8 Å². The van der Waals surface area contributed by atoms with E-state index in [1.54, 1.807) is 6.07 Å². The molecule has 0 saturated heterocycles. The largest absolute Gasteiger partial charge is 0.450 e. The molecule has 0 aromatic carbocycles. The van der Waals surface area contributed by atoms with E-state index in [9.17, 15) is 4.79 Å². The Kier molecular flexibility index (Phi) is 6.40. The summed E-state index contributed by atoms with van der Waals surface area (Å²) in [6.45, 7) is 11.9. The SMILES string of the molecule is CCN(CC)P(=S)(c1ccc(C=O)o1)N(CC)CC. The Morgan fingerprint density at radius 2 is 1.58 bits per heavy atom. The quantitative estimate of drug-likeness (QED) is 0.545. The van der Waals surface area contributed by atoms with Gasteiger partial charge in [-0.15, -0.1) is 0 Å². The maximum absolute atomic E-state index is 10.8. The van der Waals surface area contributed by atoms with Crippen molar-refractivity contribution in [3.63, 3.8) is 0 Å². The number of carbonyl (C=O) groups is 1. The van der Waals surface area contributed by atoms with Gasteiger partial charge < -0.3 is 4.42 Å². The molecule has 0 aliphatic rings. The van der Waals surface area contributed by atoms with Crippen LogP contribution in [0.5, 0.6) is 0 Å². The predicted octanol–water partition coefficient (Wildman–Crippen LogP) is 2.71. The van der Waals surface area contributed by atoms with Gasteiger partial charge in [-0.2, -0.15) is 0 Å². The van der Waals surface area contributed by atoms with E-state index >= 15 is 0 Å². The molecule has 1 aromatic heterocycles. The van der Waals surface area contributed by atoms with Crippen molar-refractivity contribution in [3.8, 4) is 0 Å². The minimum atomic E-state index is -2.11. The third-order valence-electron chi connectivity index (χ3n) is 3.24. The van der Waals surface area contributed by atoms with Gasteiger partial charge in [-0.25, -0.2) is 0 Å². The summed E-state index contributed by atoms with van der Waals surface area (Å²) in [4.78, 5) is 10.8. The van der Waals surface area contributed by atoms with Gasteiger partial charge in [0, 0.05) is 26.2 Å². The zero-order valence-electron chi connectivity index (χ0n) is 12.1. The van der Waals surface area contributed by atoms with Crippen molar-refractivity contribution < 1.29 is 9.21 Å². The summed E-state index contributed by atoms with van der Waals surface area (Å²) in [6.07, 6.45) is -1.38. The number of hydrogen-bond donors (Lipinski definition) is 0. The molecule has 1 rings (SSSR count).